The van der Waals surface area contributed by atoms with Crippen LogP contribution in [-0.4, -0.2) is 22.3 Å². The minimum absolute atomic E-state index is 0.180. The van der Waals surface area contributed by atoms with Crippen LogP contribution in [0.25, 0.3) is 11.0 Å². The number of ether oxygens (including phenoxy) is 1. The zero-order valence-electron chi connectivity index (χ0n) is 8.79. The number of hydrogen-bond acceptors (Lipinski definition) is 3. The number of carbonyl (C=O) groups is 1. The van der Waals surface area contributed by atoms with Gasteiger partial charge in [-0.3, -0.25) is 0 Å². The molecule has 7 heteroatoms. The molecule has 1 aromatic heterocycles. The first-order valence-corrected chi connectivity index (χ1v) is 5.57. The number of carbonyl (C=O) groups excluding carboxylic acids is 1. The topological polar surface area (TPSA) is 64.1 Å². The van der Waals surface area contributed by atoms with Gasteiger partial charge in [0, 0.05) is 0 Å². The fourth-order valence-corrected chi connectivity index (χ4v) is 1.85. The van der Waals surface area contributed by atoms with Crippen molar-refractivity contribution in [3.8, 4) is 0 Å². The molecule has 0 radical (unpaired) electrons. The van der Waals surface area contributed by atoms with Crippen molar-refractivity contribution in [3.63, 3.8) is 0 Å². The van der Waals surface area contributed by atoms with Gasteiger partial charge in [-0.25, -0.2) is 9.59 Å². The third-order valence-corrected chi connectivity index (χ3v) is 3.00. The number of aromatic nitrogens is 2. The Bertz CT molecular complexity index is 645. The lowest BCUT2D eigenvalue weighted by Gasteiger charge is -2.02. The van der Waals surface area contributed by atoms with E-state index in [-0.39, 0.29) is 11.6 Å². The van der Waals surface area contributed by atoms with Crippen molar-refractivity contribution < 1.29 is 9.53 Å². The van der Waals surface area contributed by atoms with Crippen molar-refractivity contribution >= 4 is 40.3 Å². The van der Waals surface area contributed by atoms with Gasteiger partial charge in [0.2, 0.25) is 0 Å². The Balaban J connectivity index is 2.73. The third kappa shape index (κ3) is 1.92. The molecule has 0 amide bonds. The maximum absolute atomic E-state index is 11.6. The molecule has 17 heavy (non-hydrogen) atoms. The smallest absolute Gasteiger partial charge is 0.422 e. The molecule has 1 N–H and O–H groups in total. The van der Waals surface area contributed by atoms with Crippen molar-refractivity contribution in [3.05, 3.63) is 32.7 Å². The van der Waals surface area contributed by atoms with Crippen LogP contribution in [0.1, 0.15) is 6.92 Å². The number of nitrogens with zero attached hydrogens (tertiary/aromatic N) is 1. The van der Waals surface area contributed by atoms with Crippen molar-refractivity contribution in [2.75, 3.05) is 6.61 Å². The highest BCUT2D eigenvalue weighted by Crippen LogP contribution is 2.28. The van der Waals surface area contributed by atoms with Crippen LogP contribution in [0, 0.1) is 0 Å². The number of aromatic amines is 1. The highest BCUT2D eigenvalue weighted by Gasteiger charge is 2.17. The summed E-state index contributed by atoms with van der Waals surface area (Å²) in [6, 6.07) is 3.04. The van der Waals surface area contributed by atoms with Gasteiger partial charge in [0.25, 0.3) is 0 Å². The first-order valence-electron chi connectivity index (χ1n) is 4.82. The molecule has 0 bridgehead atoms. The number of nitrogens with one attached hydrogen (secondary N) is 1. The lowest BCUT2D eigenvalue weighted by Crippen LogP contribution is -2.25. The summed E-state index contributed by atoms with van der Waals surface area (Å²) in [7, 11) is 0. The molecular formula is C10H8Cl2N2O3. The van der Waals surface area contributed by atoms with E-state index < -0.39 is 11.8 Å². The van der Waals surface area contributed by atoms with Crippen LogP contribution in [-0.2, 0) is 4.74 Å². The van der Waals surface area contributed by atoms with Gasteiger partial charge < -0.3 is 9.72 Å². The molecule has 90 valence electrons. The largest absolute Gasteiger partial charge is 0.449 e. The molecule has 5 nitrogen and oxygen atoms in total. The molecule has 0 aliphatic heterocycles. The number of imidazole rings is 1. The summed E-state index contributed by atoms with van der Waals surface area (Å²) in [6.45, 7) is 1.83. The maximum Gasteiger partial charge on any atom is 0.422 e. The molecule has 2 rings (SSSR count). The van der Waals surface area contributed by atoms with E-state index in [4.69, 9.17) is 27.9 Å². The highest BCUT2D eigenvalue weighted by molar-refractivity contribution is 6.44. The van der Waals surface area contributed by atoms with Crippen LogP contribution in [0.5, 0.6) is 0 Å². The van der Waals surface area contributed by atoms with Crippen LogP contribution in [0.15, 0.2) is 16.9 Å². The standard InChI is InChI=1S/C10H8Cl2N2O3/c1-2-17-10(16)14-6-4-3-5(11)7(12)8(6)13-9(14)15/h3-4H,2H2,1H3,(H,13,15). The molecule has 0 unspecified atom stereocenters. The fraction of sp³-hybridized carbons (Fsp3) is 0.200. The van der Waals surface area contributed by atoms with Crippen molar-refractivity contribution in [2.45, 2.75) is 6.92 Å². The van der Waals surface area contributed by atoms with E-state index in [2.05, 4.69) is 4.98 Å². The molecule has 0 saturated heterocycles. The Morgan fingerprint density at radius 3 is 2.82 bits per heavy atom. The Hall–Kier alpha value is -1.46. The summed E-state index contributed by atoms with van der Waals surface area (Å²) >= 11 is 11.7. The normalized spacial score (nSPS) is 10.8. The Labute approximate surface area is 106 Å². The zero-order chi connectivity index (χ0) is 12.6. The number of fused-ring (bicyclic) bond motifs is 1. The van der Waals surface area contributed by atoms with Crippen LogP contribution in [0.2, 0.25) is 10.0 Å². The molecule has 0 atom stereocenters. The number of H-pyrrole nitrogens is 1. The van der Waals surface area contributed by atoms with E-state index in [0.29, 0.717) is 16.1 Å². The van der Waals surface area contributed by atoms with Gasteiger partial charge in [0.1, 0.15) is 0 Å². The van der Waals surface area contributed by atoms with Gasteiger partial charge in [-0.2, -0.15) is 4.57 Å². The predicted molar refractivity (Wildman–Crippen MR) is 65.0 cm³/mol. The molecule has 2 aromatic rings. The lowest BCUT2D eigenvalue weighted by molar-refractivity contribution is 0.154. The summed E-state index contributed by atoms with van der Waals surface area (Å²) in [6.07, 6.45) is -0.748. The van der Waals surface area contributed by atoms with E-state index >= 15 is 0 Å². The summed E-state index contributed by atoms with van der Waals surface area (Å²) in [5, 5.41) is 0.501. The number of rotatable bonds is 1. The fourth-order valence-electron chi connectivity index (χ4n) is 1.49. The maximum atomic E-state index is 11.6. The molecular weight excluding hydrogens is 267 g/mol. The van der Waals surface area contributed by atoms with Gasteiger partial charge in [-0.15, -0.1) is 0 Å². The number of halogens is 2. The van der Waals surface area contributed by atoms with Gasteiger partial charge in [-0.1, -0.05) is 23.2 Å². The first-order chi connectivity index (χ1) is 8.06. The van der Waals surface area contributed by atoms with Crippen molar-refractivity contribution in [2.24, 2.45) is 0 Å². The van der Waals surface area contributed by atoms with Crippen LogP contribution < -0.4 is 5.69 Å². The zero-order valence-corrected chi connectivity index (χ0v) is 10.3. The quantitative estimate of drug-likeness (QED) is 0.870. The number of benzene rings is 1. The Kier molecular flexibility index (Phi) is 3.13. The van der Waals surface area contributed by atoms with E-state index in [0.717, 1.165) is 4.57 Å². The van der Waals surface area contributed by atoms with Gasteiger partial charge in [0.15, 0.2) is 0 Å². The summed E-state index contributed by atoms with van der Waals surface area (Å²) < 4.78 is 5.65. The summed E-state index contributed by atoms with van der Waals surface area (Å²) in [4.78, 5) is 25.7. The van der Waals surface area contributed by atoms with Gasteiger partial charge in [-0.05, 0) is 19.1 Å². The Morgan fingerprint density at radius 1 is 1.47 bits per heavy atom. The van der Waals surface area contributed by atoms with E-state index in [1.807, 2.05) is 0 Å². The summed E-state index contributed by atoms with van der Waals surface area (Å²) in [5.74, 6) is 0. The van der Waals surface area contributed by atoms with E-state index in [1.165, 1.54) is 12.1 Å². The molecule has 0 spiro atoms. The lowest BCUT2D eigenvalue weighted by atomic mass is 10.3. The van der Waals surface area contributed by atoms with Gasteiger partial charge >= 0.3 is 11.8 Å². The second-order valence-corrected chi connectivity index (χ2v) is 4.01. The van der Waals surface area contributed by atoms with Gasteiger partial charge in [0.05, 0.1) is 27.7 Å². The van der Waals surface area contributed by atoms with Crippen LogP contribution in [0.4, 0.5) is 4.79 Å². The second kappa shape index (κ2) is 4.43. The van der Waals surface area contributed by atoms with Crippen molar-refractivity contribution in [1.82, 2.24) is 9.55 Å². The molecule has 0 aliphatic carbocycles. The van der Waals surface area contributed by atoms with E-state index in [9.17, 15) is 9.59 Å². The molecule has 1 heterocycles. The predicted octanol–water partition coefficient (Wildman–Crippen LogP) is 2.64. The minimum Gasteiger partial charge on any atom is -0.449 e. The molecule has 0 saturated carbocycles. The minimum atomic E-state index is -0.748. The number of hydrogen-bond donors (Lipinski definition) is 1. The molecule has 0 aliphatic rings. The van der Waals surface area contributed by atoms with Crippen molar-refractivity contribution in [1.29, 1.82) is 0 Å². The Morgan fingerprint density at radius 2 is 2.18 bits per heavy atom. The SMILES string of the molecule is CCOC(=O)n1c(=O)[nH]c2c(Cl)c(Cl)ccc21. The van der Waals surface area contributed by atoms with Crippen LogP contribution in [0.3, 0.4) is 0 Å². The monoisotopic (exact) mass is 274 g/mol. The average Bonchev–Trinajstić information content (AvgIpc) is 2.61. The van der Waals surface area contributed by atoms with E-state index in [1.54, 1.807) is 6.92 Å². The van der Waals surface area contributed by atoms with Crippen LogP contribution >= 0.6 is 23.2 Å². The highest BCUT2D eigenvalue weighted by atomic mass is 35.5. The first kappa shape index (κ1) is 12.0. The molecule has 1 aromatic carbocycles. The molecule has 0 fully saturated rings. The summed E-state index contributed by atoms with van der Waals surface area (Å²) in [5.41, 5.74) is 0.0442. The average molecular weight is 275 g/mol. The third-order valence-electron chi connectivity index (χ3n) is 2.20. The second-order valence-electron chi connectivity index (χ2n) is 3.22.